The van der Waals surface area contributed by atoms with Gasteiger partial charge in [-0.15, -0.1) is 0 Å². The summed E-state index contributed by atoms with van der Waals surface area (Å²) in [5.41, 5.74) is 0. The molecule has 0 nitrogen and oxygen atoms in total. The predicted molar refractivity (Wildman–Crippen MR) is 12.4 cm³/mol. The van der Waals surface area contributed by atoms with E-state index in [2.05, 4.69) is 0 Å². The van der Waals surface area contributed by atoms with Crippen molar-refractivity contribution in [3.8, 4) is 0 Å². The molecule has 0 aliphatic heterocycles. The van der Waals surface area contributed by atoms with E-state index in [0.717, 1.165) is 0 Å². The molecule has 9 heteroatoms. The molecule has 0 amide bonds. The normalized spacial score (nSPS) is 5.56. The third-order valence-corrected chi connectivity index (χ3v) is 0. The van der Waals surface area contributed by atoms with Crippen LogP contribution in [0.15, 0.2) is 0 Å². The van der Waals surface area contributed by atoms with E-state index in [1.54, 1.807) is 0 Å². The summed E-state index contributed by atoms with van der Waals surface area (Å²) in [4.78, 5) is 0. The van der Waals surface area contributed by atoms with Crippen LogP contribution in [0.1, 0.15) is 0 Å². The third kappa shape index (κ3) is 165. The predicted octanol–water partition coefficient (Wildman–Crippen LogP) is 2.14. The summed E-state index contributed by atoms with van der Waals surface area (Å²) in [6, 6.07) is 0. The van der Waals surface area contributed by atoms with Gasteiger partial charge >= 0.3 is 84.3 Å². The molecular weight excluding hydrogens is 585 g/mol. The SMILES string of the molecule is [F][Cu][F].[F][Hg][F].[F][Pb][F]. The van der Waals surface area contributed by atoms with E-state index in [0.29, 0.717) is 0 Å². The molecule has 0 atom stereocenters. The first-order valence-electron chi connectivity index (χ1n) is 1.14. The minimum atomic E-state index is -3.08. The summed E-state index contributed by atoms with van der Waals surface area (Å²) in [5, 5.41) is 0. The van der Waals surface area contributed by atoms with Crippen LogP contribution in [0.5, 0.6) is 0 Å². The number of rotatable bonds is 0. The molecule has 0 spiro atoms. The van der Waals surface area contributed by atoms with Crippen LogP contribution in [0.3, 0.4) is 0 Å². The fraction of sp³-hybridized carbons (Fsp3) is 0. The number of halogens is 6. The molecule has 0 fully saturated rings. The zero-order valence-electron chi connectivity index (χ0n) is 3.78. The standard InChI is InChI=1S/Cu.6FH.Hg.Pb/h;6*1H;;/q+2;;;;;;;2*+2/p-6. The van der Waals surface area contributed by atoms with Gasteiger partial charge in [0.25, 0.3) is 0 Å². The summed E-state index contributed by atoms with van der Waals surface area (Å²) in [7, 11) is 0. The molecule has 0 aromatic rings. The van der Waals surface area contributed by atoms with Crippen molar-refractivity contribution in [2.45, 2.75) is 0 Å². The van der Waals surface area contributed by atoms with Gasteiger partial charge in [-0.3, -0.25) is 0 Å². The third-order valence-electron chi connectivity index (χ3n) is 0. The van der Waals surface area contributed by atoms with Crippen molar-refractivity contribution in [1.82, 2.24) is 0 Å². The van der Waals surface area contributed by atoms with Crippen LogP contribution in [0.25, 0.3) is 0 Å². The van der Waals surface area contributed by atoms with Crippen molar-refractivity contribution in [2.24, 2.45) is 0 Å². The molecule has 2 radical (unpaired) electrons. The summed E-state index contributed by atoms with van der Waals surface area (Å²) in [6.45, 7) is 0. The first kappa shape index (κ1) is 17.2. The number of hydrogen-bond acceptors (Lipinski definition) is 0. The molecule has 0 rings (SSSR count). The van der Waals surface area contributed by atoms with E-state index in [1.807, 2.05) is 0 Å². The van der Waals surface area contributed by atoms with E-state index in [4.69, 9.17) is 0 Å². The fourth-order valence-corrected chi connectivity index (χ4v) is 0. The van der Waals surface area contributed by atoms with Crippen molar-refractivity contribution in [3.63, 3.8) is 0 Å². The van der Waals surface area contributed by atoms with E-state index in [-0.39, 0.29) is 0 Å². The fourth-order valence-electron chi connectivity index (χ4n) is 0. The van der Waals surface area contributed by atoms with E-state index in [1.165, 1.54) is 0 Å². The summed E-state index contributed by atoms with van der Waals surface area (Å²) in [5.74, 6) is 0. The van der Waals surface area contributed by atoms with Crippen LogP contribution < -0.4 is 0 Å². The Balaban J connectivity index is -0.0000000600. The Morgan fingerprint density at radius 1 is 1.11 bits per heavy atom. The van der Waals surface area contributed by atoms with Gasteiger partial charge in [-0.1, -0.05) is 0 Å². The van der Waals surface area contributed by atoms with Crippen molar-refractivity contribution in [3.05, 3.63) is 0 Å². The van der Waals surface area contributed by atoms with Crippen molar-refractivity contribution in [2.75, 3.05) is 0 Å². The molecule has 0 heterocycles. The van der Waals surface area contributed by atoms with Gasteiger partial charge in [0, 0.05) is 0 Å². The molecule has 0 aliphatic carbocycles. The molecule has 9 heavy (non-hydrogen) atoms. The second kappa shape index (κ2) is 32.5. The van der Waals surface area contributed by atoms with Crippen molar-refractivity contribution < 1.29 is 58.8 Å². The first-order chi connectivity index (χ1) is 4.24. The van der Waals surface area contributed by atoms with Crippen LogP contribution in [0, 0.1) is 0 Å². The van der Waals surface area contributed by atoms with Gasteiger partial charge in [0.1, 0.15) is 0 Å². The maximum atomic E-state index is 9.85. The Kier molecular flexibility index (Phi) is 62.0. The van der Waals surface area contributed by atoms with Gasteiger partial charge < -0.3 is 0 Å². The average Bonchev–Trinajstić information content (AvgIpc) is 1.70. The zero-order valence-corrected chi connectivity index (χ0v) is 14.1. The molecule has 0 saturated carbocycles. The van der Waals surface area contributed by atoms with Gasteiger partial charge in [-0.2, -0.15) is 0 Å². The average molecular weight is 585 g/mol. The van der Waals surface area contributed by atoms with Crippen molar-refractivity contribution >= 4 is 25.5 Å². The summed E-state index contributed by atoms with van der Waals surface area (Å²) in [6.07, 6.45) is 0. The second-order valence-corrected chi connectivity index (χ2v) is 1.69. The maximum absolute atomic E-state index is 9.85. The van der Waals surface area contributed by atoms with E-state index < -0.39 is 67.2 Å². The molecule has 0 saturated heterocycles. The van der Waals surface area contributed by atoms with Crippen LogP contribution in [0.4, 0.5) is 17.1 Å². The van der Waals surface area contributed by atoms with Crippen LogP contribution in [0.2, 0.25) is 0 Å². The summed E-state index contributed by atoms with van der Waals surface area (Å²) >= 11 is -7.19. The molecular formula is CuF6HgPb. The Morgan fingerprint density at radius 2 is 1.11 bits per heavy atom. The summed E-state index contributed by atoms with van der Waals surface area (Å²) < 4.78 is 58.4. The quantitative estimate of drug-likeness (QED) is 0.302. The number of hydrogen-bond donors (Lipinski definition) is 0. The first-order valence-corrected chi connectivity index (χ1v) is 8.95. The van der Waals surface area contributed by atoms with Crippen LogP contribution in [-0.2, 0) is 41.7 Å². The minimum absolute atomic E-state index is 1.19. The van der Waals surface area contributed by atoms with E-state index in [9.17, 15) is 17.1 Å². The molecule has 0 bridgehead atoms. The van der Waals surface area contributed by atoms with Gasteiger partial charge in [-0.25, -0.2) is 0 Å². The molecule has 0 aliphatic rings. The Labute approximate surface area is 83.2 Å². The molecule has 59 valence electrons. The zero-order chi connectivity index (χ0) is 8.12. The molecule has 0 unspecified atom stereocenters. The van der Waals surface area contributed by atoms with E-state index >= 15 is 0 Å². The Hall–Kier alpha value is 1.96. The van der Waals surface area contributed by atoms with Crippen molar-refractivity contribution in [1.29, 1.82) is 0 Å². The van der Waals surface area contributed by atoms with Gasteiger partial charge in [0.2, 0.25) is 0 Å². The van der Waals surface area contributed by atoms with Gasteiger partial charge in [0.15, 0.2) is 0 Å². The Morgan fingerprint density at radius 3 is 1.11 bits per heavy atom. The Bertz CT molecular complexity index is 17.8. The van der Waals surface area contributed by atoms with Crippen LogP contribution >= 0.6 is 0 Å². The van der Waals surface area contributed by atoms with Gasteiger partial charge in [-0.05, 0) is 0 Å². The second-order valence-electron chi connectivity index (χ2n) is 0.216. The molecule has 0 N–H and O–H groups in total. The molecule has 0 aromatic heterocycles. The topological polar surface area (TPSA) is 0 Å². The van der Waals surface area contributed by atoms with Crippen LogP contribution in [-0.4, -0.2) is 25.5 Å². The monoisotopic (exact) mass is 587 g/mol. The molecule has 0 aromatic carbocycles. The van der Waals surface area contributed by atoms with Gasteiger partial charge in [0.05, 0.1) is 0 Å².